The first-order valence-electron chi connectivity index (χ1n) is 10.4. The van der Waals surface area contributed by atoms with Gasteiger partial charge < -0.3 is 24.1 Å². The monoisotopic (exact) mass is 502 g/mol. The molecule has 3 rings (SSSR count). The lowest BCUT2D eigenvalue weighted by Crippen LogP contribution is -2.43. The van der Waals surface area contributed by atoms with Crippen molar-refractivity contribution in [2.75, 3.05) is 6.61 Å². The van der Waals surface area contributed by atoms with Gasteiger partial charge in [-0.2, -0.15) is 0 Å². The number of carbonyl (C=O) groups excluding carboxylic acids is 1. The maximum atomic E-state index is 12.7. The highest BCUT2D eigenvalue weighted by atomic mass is 31.2. The second kappa shape index (κ2) is 11.6. The summed E-state index contributed by atoms with van der Waals surface area (Å²) in [5, 5.41) is 10.9. The number of hydrogen-bond acceptors (Lipinski definition) is 7. The molecule has 0 unspecified atom stereocenters. The first kappa shape index (κ1) is 25.9. The van der Waals surface area contributed by atoms with Crippen molar-refractivity contribution >= 4 is 19.4 Å². The van der Waals surface area contributed by atoms with Gasteiger partial charge >= 0.3 is 13.7 Å². The summed E-state index contributed by atoms with van der Waals surface area (Å²) in [5.74, 6) is -0.701. The molecule has 0 aliphatic rings. The standard InChI is InChI=1S/C23H23N2O9P/c1-2-32-23(26)20(16-17-8-4-3-5-9-17)25(35(29,30)31)34-22-11-7-6-10-21(22)33-19-14-12-18(13-15-19)24(27)28/h3-15,20H,2,16H2,1H3,(H2,29,30,31)/t20-/m0/s1. The second-order valence-corrected chi connectivity index (χ2v) is 8.59. The largest absolute Gasteiger partial charge is 0.465 e. The van der Waals surface area contributed by atoms with E-state index < -0.39 is 24.7 Å². The van der Waals surface area contributed by atoms with Crippen molar-refractivity contribution in [1.29, 1.82) is 0 Å². The van der Waals surface area contributed by atoms with Crippen LogP contribution in [0.15, 0.2) is 78.9 Å². The molecular formula is C23H23N2O9P. The minimum absolute atomic E-state index is 0.00103. The summed E-state index contributed by atoms with van der Waals surface area (Å²) in [6.45, 7) is 1.58. The smallest absolute Gasteiger partial charge is 0.436 e. The van der Waals surface area contributed by atoms with E-state index in [1.165, 1.54) is 36.4 Å². The number of non-ortho nitro benzene ring substituents is 1. The molecule has 0 aliphatic heterocycles. The third-order valence-electron chi connectivity index (χ3n) is 4.67. The molecule has 11 nitrogen and oxygen atoms in total. The summed E-state index contributed by atoms with van der Waals surface area (Å²) in [6, 6.07) is 18.4. The summed E-state index contributed by atoms with van der Waals surface area (Å²) < 4.78 is 23.2. The van der Waals surface area contributed by atoms with E-state index in [0.717, 1.165) is 0 Å². The van der Waals surface area contributed by atoms with Crippen molar-refractivity contribution in [3.05, 3.63) is 94.5 Å². The summed E-state index contributed by atoms with van der Waals surface area (Å²) in [5.41, 5.74) is 0.496. The molecule has 1 atom stereocenters. The molecule has 3 aromatic carbocycles. The van der Waals surface area contributed by atoms with Gasteiger partial charge in [0.1, 0.15) is 5.75 Å². The number of nitrogens with zero attached hydrogens (tertiary/aromatic N) is 2. The number of carbonyl (C=O) groups is 1. The molecule has 0 aliphatic carbocycles. The Labute approximate surface area is 200 Å². The predicted molar refractivity (Wildman–Crippen MR) is 125 cm³/mol. The average Bonchev–Trinajstić information content (AvgIpc) is 2.82. The molecule has 184 valence electrons. The van der Waals surface area contributed by atoms with Gasteiger partial charge in [-0.3, -0.25) is 14.9 Å². The minimum Gasteiger partial charge on any atom is -0.465 e. The van der Waals surface area contributed by atoms with E-state index >= 15 is 0 Å². The summed E-state index contributed by atoms with van der Waals surface area (Å²) in [7, 11) is -5.15. The highest BCUT2D eigenvalue weighted by molar-refractivity contribution is 7.49. The van der Waals surface area contributed by atoms with E-state index in [2.05, 4.69) is 0 Å². The first-order chi connectivity index (χ1) is 16.7. The lowest BCUT2D eigenvalue weighted by molar-refractivity contribution is -0.384. The van der Waals surface area contributed by atoms with E-state index in [9.17, 15) is 29.3 Å². The summed E-state index contributed by atoms with van der Waals surface area (Å²) >= 11 is 0. The van der Waals surface area contributed by atoms with Crippen LogP contribution < -0.4 is 9.57 Å². The lowest BCUT2D eigenvalue weighted by atomic mass is 10.1. The third-order valence-corrected chi connectivity index (χ3v) is 5.54. The SMILES string of the molecule is CCOC(=O)[C@H](Cc1ccccc1)N(Oc1ccccc1Oc1ccc([N+](=O)[O-])cc1)P(=O)(O)O. The number of esters is 1. The van der Waals surface area contributed by atoms with Crippen molar-refractivity contribution < 1.29 is 38.4 Å². The van der Waals surface area contributed by atoms with Gasteiger partial charge in [-0.1, -0.05) is 42.5 Å². The van der Waals surface area contributed by atoms with Crippen LogP contribution in [0, 0.1) is 10.1 Å². The fraction of sp³-hybridized carbons (Fsp3) is 0.174. The number of benzene rings is 3. The van der Waals surface area contributed by atoms with Gasteiger partial charge in [0.25, 0.3) is 5.69 Å². The van der Waals surface area contributed by atoms with Crippen LogP contribution in [-0.2, 0) is 20.5 Å². The molecule has 35 heavy (non-hydrogen) atoms. The molecule has 2 N–H and O–H groups in total. The summed E-state index contributed by atoms with van der Waals surface area (Å²) in [6.07, 6.45) is -0.101. The Balaban J connectivity index is 1.93. The Morgan fingerprint density at radius 2 is 1.60 bits per heavy atom. The van der Waals surface area contributed by atoms with Gasteiger partial charge in [0, 0.05) is 18.6 Å². The zero-order valence-corrected chi connectivity index (χ0v) is 19.5. The molecule has 0 fully saturated rings. The Morgan fingerprint density at radius 1 is 1.00 bits per heavy atom. The van der Waals surface area contributed by atoms with Crippen molar-refractivity contribution in [3.63, 3.8) is 0 Å². The van der Waals surface area contributed by atoms with Crippen LogP contribution >= 0.6 is 7.75 Å². The van der Waals surface area contributed by atoms with Crippen molar-refractivity contribution in [2.24, 2.45) is 0 Å². The van der Waals surface area contributed by atoms with E-state index in [4.69, 9.17) is 14.3 Å². The maximum absolute atomic E-state index is 12.7. The molecule has 0 bridgehead atoms. The number of hydrogen-bond donors (Lipinski definition) is 2. The highest BCUT2D eigenvalue weighted by Gasteiger charge is 2.41. The quantitative estimate of drug-likeness (QED) is 0.169. The topological polar surface area (TPSA) is 149 Å². The van der Waals surface area contributed by atoms with Crippen LogP contribution in [0.2, 0.25) is 0 Å². The normalized spacial score (nSPS) is 12.1. The number of rotatable bonds is 11. The fourth-order valence-corrected chi connectivity index (χ4v) is 3.83. The first-order valence-corrected chi connectivity index (χ1v) is 12.0. The Kier molecular flexibility index (Phi) is 8.56. The van der Waals surface area contributed by atoms with Crippen molar-refractivity contribution in [1.82, 2.24) is 4.83 Å². The Morgan fingerprint density at radius 3 is 2.17 bits per heavy atom. The molecule has 0 amide bonds. The number of para-hydroxylation sites is 2. The van der Waals surface area contributed by atoms with Crippen LogP contribution in [-0.4, -0.2) is 38.2 Å². The molecule has 0 radical (unpaired) electrons. The van der Waals surface area contributed by atoms with Gasteiger partial charge in [-0.15, -0.1) is 0 Å². The Hall–Kier alpha value is -3.76. The predicted octanol–water partition coefficient (Wildman–Crippen LogP) is 4.25. The molecule has 0 spiro atoms. The van der Waals surface area contributed by atoms with Crippen LogP contribution in [0.25, 0.3) is 0 Å². The van der Waals surface area contributed by atoms with Crippen LogP contribution in [0.1, 0.15) is 12.5 Å². The number of ether oxygens (including phenoxy) is 2. The van der Waals surface area contributed by atoms with E-state index in [1.54, 1.807) is 49.4 Å². The third kappa shape index (κ3) is 7.11. The highest BCUT2D eigenvalue weighted by Crippen LogP contribution is 2.45. The van der Waals surface area contributed by atoms with E-state index in [1.807, 2.05) is 0 Å². The van der Waals surface area contributed by atoms with Gasteiger partial charge in [0.2, 0.25) is 0 Å². The van der Waals surface area contributed by atoms with Crippen LogP contribution in [0.4, 0.5) is 5.69 Å². The number of nitro benzene ring substituents is 1. The van der Waals surface area contributed by atoms with Gasteiger partial charge in [0.05, 0.1) is 11.5 Å². The van der Waals surface area contributed by atoms with E-state index in [-0.39, 0.29) is 36.0 Å². The fourth-order valence-electron chi connectivity index (χ4n) is 3.10. The van der Waals surface area contributed by atoms with Crippen molar-refractivity contribution in [2.45, 2.75) is 19.4 Å². The molecule has 12 heteroatoms. The Bertz CT molecular complexity index is 1200. The zero-order chi connectivity index (χ0) is 25.4. The molecular weight excluding hydrogens is 479 g/mol. The van der Waals surface area contributed by atoms with Gasteiger partial charge in [-0.05, 0) is 41.6 Å². The second-order valence-electron chi connectivity index (χ2n) is 7.16. The van der Waals surface area contributed by atoms with Crippen LogP contribution in [0.5, 0.6) is 17.2 Å². The molecule has 0 saturated heterocycles. The number of hydroxylamine groups is 1. The zero-order valence-electron chi connectivity index (χ0n) is 18.6. The number of nitro groups is 1. The summed E-state index contributed by atoms with van der Waals surface area (Å²) in [4.78, 5) is 49.0. The minimum atomic E-state index is -5.15. The maximum Gasteiger partial charge on any atom is 0.436 e. The average molecular weight is 502 g/mol. The van der Waals surface area contributed by atoms with Gasteiger partial charge in [-0.25, -0.2) is 4.57 Å². The molecule has 0 aromatic heterocycles. The lowest BCUT2D eigenvalue weighted by Gasteiger charge is -2.29. The van der Waals surface area contributed by atoms with Gasteiger partial charge in [0.15, 0.2) is 17.5 Å². The molecule has 0 heterocycles. The van der Waals surface area contributed by atoms with Crippen molar-refractivity contribution in [3.8, 4) is 17.2 Å². The van der Waals surface area contributed by atoms with Crippen LogP contribution in [0.3, 0.4) is 0 Å². The molecule has 3 aromatic rings. The molecule has 0 saturated carbocycles. The van der Waals surface area contributed by atoms with E-state index in [0.29, 0.717) is 10.4 Å².